The standard InChI is InChI=1S/C15H15N3/c1-18(2)15-10-14(13-8-5-9-16-13)17-12-7-4-3-6-11(12)15/h3-10,16H,1-2H3. The van der Waals surface area contributed by atoms with Crippen molar-refractivity contribution in [1.29, 1.82) is 0 Å². The zero-order valence-electron chi connectivity index (χ0n) is 10.5. The van der Waals surface area contributed by atoms with Gasteiger partial charge in [-0.2, -0.15) is 0 Å². The van der Waals surface area contributed by atoms with Crippen molar-refractivity contribution < 1.29 is 0 Å². The predicted molar refractivity (Wildman–Crippen MR) is 75.9 cm³/mol. The second kappa shape index (κ2) is 4.18. The summed E-state index contributed by atoms with van der Waals surface area (Å²) in [6, 6.07) is 14.4. The Balaban J connectivity index is 2.30. The van der Waals surface area contributed by atoms with E-state index in [9.17, 15) is 0 Å². The summed E-state index contributed by atoms with van der Waals surface area (Å²) in [5.74, 6) is 0. The SMILES string of the molecule is CN(C)c1cc(-c2ccc[nH]2)nc2ccccc12. The minimum Gasteiger partial charge on any atom is -0.377 e. The number of nitrogens with one attached hydrogen (secondary N) is 1. The molecule has 2 aromatic heterocycles. The molecular weight excluding hydrogens is 222 g/mol. The molecule has 1 aromatic carbocycles. The van der Waals surface area contributed by atoms with Crippen molar-refractivity contribution in [2.75, 3.05) is 19.0 Å². The number of aromatic amines is 1. The molecule has 0 aliphatic carbocycles. The zero-order valence-corrected chi connectivity index (χ0v) is 10.5. The third-order valence-electron chi connectivity index (χ3n) is 3.05. The van der Waals surface area contributed by atoms with Gasteiger partial charge in [-0.25, -0.2) is 4.98 Å². The number of fused-ring (bicyclic) bond motifs is 1. The first-order chi connectivity index (χ1) is 8.75. The van der Waals surface area contributed by atoms with Gasteiger partial charge in [0.25, 0.3) is 0 Å². The maximum atomic E-state index is 4.70. The molecule has 0 radical (unpaired) electrons. The van der Waals surface area contributed by atoms with Crippen LogP contribution in [-0.4, -0.2) is 24.1 Å². The highest BCUT2D eigenvalue weighted by atomic mass is 15.1. The number of hydrogen-bond acceptors (Lipinski definition) is 2. The van der Waals surface area contributed by atoms with E-state index < -0.39 is 0 Å². The highest BCUT2D eigenvalue weighted by molar-refractivity contribution is 5.93. The Hall–Kier alpha value is -2.29. The first-order valence-corrected chi connectivity index (χ1v) is 5.96. The summed E-state index contributed by atoms with van der Waals surface area (Å²) in [5, 5.41) is 1.18. The van der Waals surface area contributed by atoms with Gasteiger partial charge in [-0.1, -0.05) is 18.2 Å². The van der Waals surface area contributed by atoms with Crippen molar-refractivity contribution in [1.82, 2.24) is 9.97 Å². The van der Waals surface area contributed by atoms with Gasteiger partial charge in [0, 0.05) is 31.4 Å². The lowest BCUT2D eigenvalue weighted by Gasteiger charge is -2.16. The van der Waals surface area contributed by atoms with Crippen LogP contribution in [0.5, 0.6) is 0 Å². The Morgan fingerprint density at radius 2 is 1.89 bits per heavy atom. The zero-order chi connectivity index (χ0) is 12.5. The van der Waals surface area contributed by atoms with Crippen molar-refractivity contribution in [2.24, 2.45) is 0 Å². The Labute approximate surface area is 106 Å². The first-order valence-electron chi connectivity index (χ1n) is 5.96. The van der Waals surface area contributed by atoms with Crippen molar-refractivity contribution in [3.05, 3.63) is 48.7 Å². The van der Waals surface area contributed by atoms with Gasteiger partial charge in [0.2, 0.25) is 0 Å². The maximum Gasteiger partial charge on any atom is 0.0892 e. The fraction of sp³-hybridized carbons (Fsp3) is 0.133. The van der Waals surface area contributed by atoms with Crippen LogP contribution in [-0.2, 0) is 0 Å². The number of nitrogens with zero attached hydrogens (tertiary/aromatic N) is 2. The molecule has 0 saturated carbocycles. The minimum absolute atomic E-state index is 0.974. The molecule has 3 rings (SSSR count). The molecule has 3 nitrogen and oxygen atoms in total. The summed E-state index contributed by atoms with van der Waals surface area (Å²) in [6.07, 6.45) is 1.92. The highest BCUT2D eigenvalue weighted by Crippen LogP contribution is 2.28. The molecule has 0 bridgehead atoms. The van der Waals surface area contributed by atoms with E-state index in [1.807, 2.05) is 30.5 Å². The van der Waals surface area contributed by atoms with E-state index in [0.717, 1.165) is 16.9 Å². The van der Waals surface area contributed by atoms with Crippen molar-refractivity contribution >= 4 is 16.6 Å². The number of para-hydroxylation sites is 1. The second-order valence-corrected chi connectivity index (χ2v) is 4.52. The topological polar surface area (TPSA) is 31.9 Å². The molecule has 0 atom stereocenters. The van der Waals surface area contributed by atoms with Gasteiger partial charge in [0.15, 0.2) is 0 Å². The van der Waals surface area contributed by atoms with E-state index >= 15 is 0 Å². The predicted octanol–water partition coefficient (Wildman–Crippen LogP) is 3.30. The molecule has 0 spiro atoms. The molecule has 0 amide bonds. The molecule has 0 aliphatic rings. The Morgan fingerprint density at radius 1 is 1.06 bits per heavy atom. The third kappa shape index (κ3) is 1.74. The summed E-state index contributed by atoms with van der Waals surface area (Å²) in [7, 11) is 4.11. The quantitative estimate of drug-likeness (QED) is 0.741. The van der Waals surface area contributed by atoms with Crippen LogP contribution in [0.1, 0.15) is 0 Å². The van der Waals surface area contributed by atoms with E-state index in [4.69, 9.17) is 4.98 Å². The van der Waals surface area contributed by atoms with Crippen LogP contribution >= 0.6 is 0 Å². The second-order valence-electron chi connectivity index (χ2n) is 4.52. The van der Waals surface area contributed by atoms with Crippen LogP contribution in [0.15, 0.2) is 48.7 Å². The number of hydrogen-bond donors (Lipinski definition) is 1. The van der Waals surface area contributed by atoms with Gasteiger partial charge < -0.3 is 9.88 Å². The van der Waals surface area contributed by atoms with Gasteiger partial charge in [0.05, 0.1) is 16.9 Å². The Bertz CT molecular complexity index is 669. The van der Waals surface area contributed by atoms with Crippen LogP contribution < -0.4 is 4.90 Å². The average Bonchev–Trinajstić information content (AvgIpc) is 2.91. The first kappa shape index (κ1) is 10.8. The van der Waals surface area contributed by atoms with Crippen molar-refractivity contribution in [3.63, 3.8) is 0 Å². The van der Waals surface area contributed by atoms with E-state index in [2.05, 4.69) is 42.2 Å². The lowest BCUT2D eigenvalue weighted by atomic mass is 10.1. The largest absolute Gasteiger partial charge is 0.377 e. The molecule has 2 heterocycles. The van der Waals surface area contributed by atoms with Crippen molar-refractivity contribution in [3.8, 4) is 11.4 Å². The normalized spacial score (nSPS) is 10.8. The number of anilines is 1. The van der Waals surface area contributed by atoms with E-state index in [1.165, 1.54) is 11.1 Å². The smallest absolute Gasteiger partial charge is 0.0892 e. The van der Waals surface area contributed by atoms with Crippen LogP contribution in [0.3, 0.4) is 0 Å². The average molecular weight is 237 g/mol. The molecule has 0 saturated heterocycles. The van der Waals surface area contributed by atoms with Crippen molar-refractivity contribution in [2.45, 2.75) is 0 Å². The lowest BCUT2D eigenvalue weighted by Crippen LogP contribution is -2.09. The summed E-state index contributed by atoms with van der Waals surface area (Å²) in [4.78, 5) is 10.0. The van der Waals surface area contributed by atoms with Gasteiger partial charge in [-0.3, -0.25) is 0 Å². The Morgan fingerprint density at radius 3 is 2.61 bits per heavy atom. The molecule has 18 heavy (non-hydrogen) atoms. The molecule has 90 valence electrons. The summed E-state index contributed by atoms with van der Waals surface area (Å²) < 4.78 is 0. The number of rotatable bonds is 2. The van der Waals surface area contributed by atoms with Gasteiger partial charge in [-0.05, 0) is 24.3 Å². The number of pyridine rings is 1. The number of aromatic nitrogens is 2. The van der Waals surface area contributed by atoms with Gasteiger partial charge >= 0.3 is 0 Å². The fourth-order valence-electron chi connectivity index (χ4n) is 2.15. The van der Waals surface area contributed by atoms with Crippen LogP contribution in [0.2, 0.25) is 0 Å². The van der Waals surface area contributed by atoms with E-state index in [1.54, 1.807) is 0 Å². The monoisotopic (exact) mass is 237 g/mol. The molecule has 0 fully saturated rings. The van der Waals surface area contributed by atoms with Crippen LogP contribution in [0.25, 0.3) is 22.3 Å². The lowest BCUT2D eigenvalue weighted by molar-refractivity contribution is 1.14. The Kier molecular flexibility index (Phi) is 2.52. The summed E-state index contributed by atoms with van der Waals surface area (Å²) in [6.45, 7) is 0. The number of benzene rings is 1. The molecule has 3 aromatic rings. The van der Waals surface area contributed by atoms with E-state index in [-0.39, 0.29) is 0 Å². The minimum atomic E-state index is 0.974. The van der Waals surface area contributed by atoms with Gasteiger partial charge in [-0.15, -0.1) is 0 Å². The van der Waals surface area contributed by atoms with E-state index in [0.29, 0.717) is 0 Å². The number of H-pyrrole nitrogens is 1. The summed E-state index contributed by atoms with van der Waals surface area (Å²) in [5.41, 5.74) is 4.23. The van der Waals surface area contributed by atoms with Gasteiger partial charge in [0.1, 0.15) is 0 Å². The molecular formula is C15H15N3. The molecule has 0 aliphatic heterocycles. The third-order valence-corrected chi connectivity index (χ3v) is 3.05. The molecule has 1 N–H and O–H groups in total. The van der Waals surface area contributed by atoms with Crippen LogP contribution in [0, 0.1) is 0 Å². The van der Waals surface area contributed by atoms with Crippen LogP contribution in [0.4, 0.5) is 5.69 Å². The highest BCUT2D eigenvalue weighted by Gasteiger charge is 2.08. The fourth-order valence-corrected chi connectivity index (χ4v) is 2.15. The molecule has 3 heteroatoms. The maximum absolute atomic E-state index is 4.70. The molecule has 0 unspecified atom stereocenters. The summed E-state index contributed by atoms with van der Waals surface area (Å²) >= 11 is 0.